The Hall–Kier alpha value is -1.42. The third-order valence-corrected chi connectivity index (χ3v) is 3.00. The molecule has 0 amide bonds. The van der Waals surface area contributed by atoms with Crippen molar-refractivity contribution in [3.8, 4) is 5.75 Å². The third-order valence-electron chi connectivity index (χ3n) is 3.00. The molecule has 1 unspecified atom stereocenters. The largest absolute Gasteiger partial charge is 0.494 e. The van der Waals surface area contributed by atoms with Gasteiger partial charge in [-0.1, -0.05) is 13.8 Å². The lowest BCUT2D eigenvalue weighted by atomic mass is 9.88. The first-order valence-corrected chi connectivity index (χ1v) is 6.03. The lowest BCUT2D eigenvalue weighted by Crippen LogP contribution is -2.30. The van der Waals surface area contributed by atoms with Gasteiger partial charge in [0.05, 0.1) is 7.11 Å². The first-order valence-electron chi connectivity index (χ1n) is 6.03. The van der Waals surface area contributed by atoms with E-state index in [1.165, 1.54) is 19.2 Å². The number of Topliss-reactive ketones (excluding diaryl/α,β-unsaturated/α-hetero) is 1. The molecule has 0 radical (unpaired) electrons. The van der Waals surface area contributed by atoms with Crippen LogP contribution in [0.15, 0.2) is 18.2 Å². The van der Waals surface area contributed by atoms with Crippen LogP contribution in [-0.2, 0) is 0 Å². The zero-order valence-corrected chi connectivity index (χ0v) is 11.3. The maximum absolute atomic E-state index is 13.6. The van der Waals surface area contributed by atoms with Crippen molar-refractivity contribution in [3.63, 3.8) is 0 Å². The second-order valence-corrected chi connectivity index (χ2v) is 4.62. The average molecular weight is 253 g/mol. The van der Waals surface area contributed by atoms with Gasteiger partial charge in [0.25, 0.3) is 0 Å². The summed E-state index contributed by atoms with van der Waals surface area (Å²) in [5, 5.41) is 3.00. The fourth-order valence-electron chi connectivity index (χ4n) is 1.88. The number of carbonyl (C=O) groups excluding carboxylic acids is 1. The highest BCUT2D eigenvalue weighted by Crippen LogP contribution is 2.22. The maximum Gasteiger partial charge on any atom is 0.167 e. The van der Waals surface area contributed by atoms with Gasteiger partial charge in [-0.3, -0.25) is 4.79 Å². The molecule has 1 aromatic rings. The standard InChI is InChI=1S/C14H20FNO2/c1-9(2)11(8-16-3)14(17)10-5-6-13(18-4)12(15)7-10/h5-7,9,11,16H,8H2,1-4H3. The molecule has 0 fully saturated rings. The average Bonchev–Trinajstić information content (AvgIpc) is 2.34. The van der Waals surface area contributed by atoms with Crippen molar-refractivity contribution in [2.24, 2.45) is 11.8 Å². The Bertz CT molecular complexity index is 418. The summed E-state index contributed by atoms with van der Waals surface area (Å²) in [4.78, 5) is 12.3. The van der Waals surface area contributed by atoms with Crippen LogP contribution < -0.4 is 10.1 Å². The minimum Gasteiger partial charge on any atom is -0.494 e. The summed E-state index contributed by atoms with van der Waals surface area (Å²) in [5.74, 6) is -0.338. The first kappa shape index (κ1) is 14.6. The van der Waals surface area contributed by atoms with Gasteiger partial charge in [0.15, 0.2) is 17.3 Å². The monoisotopic (exact) mass is 253 g/mol. The van der Waals surface area contributed by atoms with E-state index in [0.717, 1.165) is 0 Å². The van der Waals surface area contributed by atoms with Crippen molar-refractivity contribution in [1.29, 1.82) is 0 Å². The van der Waals surface area contributed by atoms with Gasteiger partial charge in [-0.2, -0.15) is 0 Å². The lowest BCUT2D eigenvalue weighted by molar-refractivity contribution is 0.0885. The van der Waals surface area contributed by atoms with Crippen LogP contribution in [0.1, 0.15) is 24.2 Å². The molecule has 0 aromatic heterocycles. The van der Waals surface area contributed by atoms with Gasteiger partial charge < -0.3 is 10.1 Å². The van der Waals surface area contributed by atoms with Crippen molar-refractivity contribution in [2.75, 3.05) is 20.7 Å². The number of hydrogen-bond donors (Lipinski definition) is 1. The van der Waals surface area contributed by atoms with Gasteiger partial charge >= 0.3 is 0 Å². The summed E-state index contributed by atoms with van der Waals surface area (Å²) < 4.78 is 18.4. The molecule has 0 saturated carbocycles. The first-order chi connectivity index (χ1) is 8.51. The Morgan fingerprint density at radius 3 is 2.56 bits per heavy atom. The highest BCUT2D eigenvalue weighted by atomic mass is 19.1. The summed E-state index contributed by atoms with van der Waals surface area (Å²) in [5.41, 5.74) is 0.391. The summed E-state index contributed by atoms with van der Waals surface area (Å²) in [6.45, 7) is 4.56. The molecule has 0 spiro atoms. The van der Waals surface area contributed by atoms with E-state index in [4.69, 9.17) is 4.74 Å². The highest BCUT2D eigenvalue weighted by Gasteiger charge is 2.23. The zero-order chi connectivity index (χ0) is 13.7. The molecule has 1 atom stereocenters. The SMILES string of the molecule is CNCC(C(=O)c1ccc(OC)c(F)c1)C(C)C. The van der Waals surface area contributed by atoms with Crippen molar-refractivity contribution in [1.82, 2.24) is 5.32 Å². The normalized spacial score (nSPS) is 12.6. The molecule has 1 aromatic carbocycles. The number of benzene rings is 1. The highest BCUT2D eigenvalue weighted by molar-refractivity contribution is 5.98. The van der Waals surface area contributed by atoms with Crippen LogP contribution in [0.2, 0.25) is 0 Å². The molecule has 0 aliphatic carbocycles. The van der Waals surface area contributed by atoms with Gasteiger partial charge in [-0.15, -0.1) is 0 Å². The van der Waals surface area contributed by atoms with Gasteiger partial charge in [0.1, 0.15) is 0 Å². The van der Waals surface area contributed by atoms with Crippen LogP contribution >= 0.6 is 0 Å². The van der Waals surface area contributed by atoms with E-state index >= 15 is 0 Å². The fourth-order valence-corrected chi connectivity index (χ4v) is 1.88. The molecule has 3 nitrogen and oxygen atoms in total. The Kier molecular flexibility index (Phi) is 5.28. The van der Waals surface area contributed by atoms with E-state index in [1.807, 2.05) is 13.8 Å². The van der Waals surface area contributed by atoms with Gasteiger partial charge in [-0.05, 0) is 31.2 Å². The minimum absolute atomic E-state index is 0.0408. The van der Waals surface area contributed by atoms with Crippen LogP contribution in [0.4, 0.5) is 4.39 Å². The van der Waals surface area contributed by atoms with Crippen molar-refractivity contribution >= 4 is 5.78 Å². The molecule has 1 N–H and O–H groups in total. The van der Waals surface area contributed by atoms with Crippen LogP contribution in [0.5, 0.6) is 5.75 Å². The molecular weight excluding hydrogens is 233 g/mol. The van der Waals surface area contributed by atoms with Gasteiger partial charge in [-0.25, -0.2) is 4.39 Å². The van der Waals surface area contributed by atoms with Crippen molar-refractivity contribution < 1.29 is 13.9 Å². The second-order valence-electron chi connectivity index (χ2n) is 4.62. The molecule has 0 saturated heterocycles. The van der Waals surface area contributed by atoms with E-state index < -0.39 is 5.82 Å². The number of hydrogen-bond acceptors (Lipinski definition) is 3. The van der Waals surface area contributed by atoms with E-state index in [2.05, 4.69) is 5.32 Å². The molecule has 0 aliphatic heterocycles. The predicted octanol–water partition coefficient (Wildman–Crippen LogP) is 2.51. The summed E-state index contributed by atoms with van der Waals surface area (Å²) >= 11 is 0. The topological polar surface area (TPSA) is 38.3 Å². The van der Waals surface area contributed by atoms with E-state index in [1.54, 1.807) is 13.1 Å². The van der Waals surface area contributed by atoms with E-state index in [-0.39, 0.29) is 23.4 Å². The third kappa shape index (κ3) is 3.29. The van der Waals surface area contributed by atoms with Crippen LogP contribution in [-0.4, -0.2) is 26.5 Å². The number of methoxy groups -OCH3 is 1. The van der Waals surface area contributed by atoms with Gasteiger partial charge in [0.2, 0.25) is 0 Å². The van der Waals surface area contributed by atoms with E-state index in [9.17, 15) is 9.18 Å². The Morgan fingerprint density at radius 1 is 1.44 bits per heavy atom. The summed E-state index contributed by atoms with van der Waals surface area (Å²) in [6, 6.07) is 4.33. The Balaban J connectivity index is 2.98. The molecule has 4 heteroatoms. The number of ether oxygens (including phenoxy) is 1. The lowest BCUT2D eigenvalue weighted by Gasteiger charge is -2.19. The quantitative estimate of drug-likeness (QED) is 0.792. The van der Waals surface area contributed by atoms with Crippen molar-refractivity contribution in [3.05, 3.63) is 29.6 Å². The fraction of sp³-hybridized carbons (Fsp3) is 0.500. The van der Waals surface area contributed by atoms with Crippen molar-refractivity contribution in [2.45, 2.75) is 13.8 Å². The molecule has 0 bridgehead atoms. The van der Waals surface area contributed by atoms with E-state index in [0.29, 0.717) is 12.1 Å². The number of carbonyl (C=O) groups is 1. The molecule has 0 aliphatic rings. The van der Waals surface area contributed by atoms with Crippen LogP contribution in [0.3, 0.4) is 0 Å². The zero-order valence-electron chi connectivity index (χ0n) is 11.3. The summed E-state index contributed by atoms with van der Waals surface area (Å²) in [6.07, 6.45) is 0. The number of rotatable bonds is 6. The number of halogens is 1. The Morgan fingerprint density at radius 2 is 2.11 bits per heavy atom. The minimum atomic E-state index is -0.504. The summed E-state index contributed by atoms with van der Waals surface area (Å²) in [7, 11) is 3.20. The predicted molar refractivity (Wildman–Crippen MR) is 69.5 cm³/mol. The Labute approximate surface area is 107 Å². The maximum atomic E-state index is 13.6. The molecule has 1 rings (SSSR count). The smallest absolute Gasteiger partial charge is 0.167 e. The number of ketones is 1. The van der Waals surface area contributed by atoms with Gasteiger partial charge in [0, 0.05) is 18.0 Å². The molecule has 100 valence electrons. The molecular formula is C14H20FNO2. The molecule has 18 heavy (non-hydrogen) atoms. The number of nitrogens with one attached hydrogen (secondary N) is 1. The van der Waals surface area contributed by atoms with Crippen LogP contribution in [0, 0.1) is 17.7 Å². The molecule has 0 heterocycles. The second kappa shape index (κ2) is 6.50. The van der Waals surface area contributed by atoms with Crippen LogP contribution in [0.25, 0.3) is 0 Å².